The highest BCUT2D eigenvalue weighted by Crippen LogP contribution is 2.22. The van der Waals surface area contributed by atoms with E-state index in [-0.39, 0.29) is 0 Å². The lowest BCUT2D eigenvalue weighted by atomic mass is 10.3. The molecule has 0 saturated carbocycles. The van der Waals surface area contributed by atoms with Crippen molar-refractivity contribution in [1.29, 1.82) is 0 Å². The molecule has 0 aromatic heterocycles. The first kappa shape index (κ1) is 9.42. The van der Waals surface area contributed by atoms with E-state index >= 15 is 0 Å². The molecular weight excluding hydrogens is 168 g/mol. The summed E-state index contributed by atoms with van der Waals surface area (Å²) >= 11 is 1.72. The van der Waals surface area contributed by atoms with Gasteiger partial charge in [0.1, 0.15) is 0 Å². The minimum absolute atomic E-state index is 1.15. The summed E-state index contributed by atoms with van der Waals surface area (Å²) in [7, 11) is 6.01. The van der Waals surface area contributed by atoms with Crippen molar-refractivity contribution in [3.05, 3.63) is 24.3 Å². The van der Waals surface area contributed by atoms with E-state index < -0.39 is 0 Å². The van der Waals surface area contributed by atoms with Gasteiger partial charge in [-0.2, -0.15) is 0 Å². The lowest BCUT2D eigenvalue weighted by molar-refractivity contribution is 0.703. The highest BCUT2D eigenvalue weighted by atomic mass is 32.2. The summed E-state index contributed by atoms with van der Waals surface area (Å²) < 4.78 is 2.08. The smallest absolute Gasteiger partial charge is 0.0349 e. The molecule has 2 nitrogen and oxygen atoms in total. The Morgan fingerprint density at radius 1 is 1.33 bits per heavy atom. The molecule has 0 atom stereocenters. The van der Waals surface area contributed by atoms with Gasteiger partial charge in [0, 0.05) is 17.6 Å². The highest BCUT2D eigenvalue weighted by Gasteiger charge is 1.96. The summed E-state index contributed by atoms with van der Waals surface area (Å²) in [5.41, 5.74) is 1.15. The van der Waals surface area contributed by atoms with E-state index in [9.17, 15) is 0 Å². The molecule has 12 heavy (non-hydrogen) atoms. The Morgan fingerprint density at radius 3 is 2.67 bits per heavy atom. The molecule has 0 fully saturated rings. The van der Waals surface area contributed by atoms with Crippen LogP contribution in [0.5, 0.6) is 0 Å². The van der Waals surface area contributed by atoms with Crippen LogP contribution >= 0.6 is 11.9 Å². The van der Waals surface area contributed by atoms with Gasteiger partial charge in [-0.05, 0) is 44.2 Å². The SMILES string of the molecule is CNc1cccc(SN(C)C)c1. The number of rotatable bonds is 3. The van der Waals surface area contributed by atoms with E-state index in [2.05, 4.69) is 33.9 Å². The Morgan fingerprint density at radius 2 is 2.08 bits per heavy atom. The number of nitrogens with zero attached hydrogens (tertiary/aromatic N) is 1. The number of hydrogen-bond donors (Lipinski definition) is 1. The third-order valence-electron chi connectivity index (χ3n) is 1.41. The number of anilines is 1. The average Bonchev–Trinajstić information content (AvgIpc) is 2.03. The molecule has 0 aliphatic heterocycles. The predicted molar refractivity (Wildman–Crippen MR) is 55.5 cm³/mol. The standard InChI is InChI=1S/C9H14N2S/c1-10-8-5-4-6-9(7-8)12-11(2)3/h4-7,10H,1-3H3. The van der Waals surface area contributed by atoms with Gasteiger partial charge in [-0.3, -0.25) is 4.31 Å². The zero-order chi connectivity index (χ0) is 8.97. The van der Waals surface area contributed by atoms with Gasteiger partial charge in [0.2, 0.25) is 0 Å². The van der Waals surface area contributed by atoms with Crippen molar-refractivity contribution in [2.45, 2.75) is 4.90 Å². The van der Waals surface area contributed by atoms with Gasteiger partial charge < -0.3 is 5.32 Å². The molecule has 1 rings (SSSR count). The van der Waals surface area contributed by atoms with Crippen molar-refractivity contribution in [3.8, 4) is 0 Å². The first-order valence-corrected chi connectivity index (χ1v) is 4.63. The molecule has 0 saturated heterocycles. The van der Waals surface area contributed by atoms with Crippen LogP contribution in [0.25, 0.3) is 0 Å². The van der Waals surface area contributed by atoms with E-state index in [1.54, 1.807) is 11.9 Å². The molecule has 0 aliphatic rings. The Labute approximate surface area is 78.1 Å². The van der Waals surface area contributed by atoms with Crippen molar-refractivity contribution in [3.63, 3.8) is 0 Å². The molecule has 1 N–H and O–H groups in total. The molecule has 3 heteroatoms. The van der Waals surface area contributed by atoms with Crippen LogP contribution in [-0.2, 0) is 0 Å². The van der Waals surface area contributed by atoms with Crippen LogP contribution in [0.4, 0.5) is 5.69 Å². The zero-order valence-electron chi connectivity index (χ0n) is 7.66. The van der Waals surface area contributed by atoms with Crippen molar-refractivity contribution in [1.82, 2.24) is 4.31 Å². The summed E-state index contributed by atoms with van der Waals surface area (Å²) in [5, 5.41) is 3.11. The molecule has 0 spiro atoms. The first-order valence-electron chi connectivity index (χ1n) is 3.85. The molecule has 0 radical (unpaired) electrons. The van der Waals surface area contributed by atoms with Crippen LogP contribution in [0.15, 0.2) is 29.2 Å². The Bertz CT molecular complexity index is 248. The molecule has 0 aliphatic carbocycles. The van der Waals surface area contributed by atoms with Crippen LogP contribution < -0.4 is 5.32 Å². The van der Waals surface area contributed by atoms with E-state index in [1.807, 2.05) is 21.1 Å². The van der Waals surface area contributed by atoms with Gasteiger partial charge in [-0.1, -0.05) is 6.07 Å². The van der Waals surface area contributed by atoms with E-state index in [0.717, 1.165) is 5.69 Å². The number of hydrogen-bond acceptors (Lipinski definition) is 3. The number of benzene rings is 1. The summed E-state index contributed by atoms with van der Waals surface area (Å²) in [6, 6.07) is 8.34. The lowest BCUT2D eigenvalue weighted by Gasteiger charge is -2.09. The monoisotopic (exact) mass is 182 g/mol. The fourth-order valence-corrected chi connectivity index (χ4v) is 1.66. The fraction of sp³-hybridized carbons (Fsp3) is 0.333. The third kappa shape index (κ3) is 2.75. The van der Waals surface area contributed by atoms with E-state index in [0.29, 0.717) is 0 Å². The maximum absolute atomic E-state index is 3.11. The molecule has 1 aromatic rings. The van der Waals surface area contributed by atoms with Crippen molar-refractivity contribution < 1.29 is 0 Å². The molecule has 0 heterocycles. The van der Waals surface area contributed by atoms with Crippen LogP contribution in [0.2, 0.25) is 0 Å². The van der Waals surface area contributed by atoms with Gasteiger partial charge in [0.15, 0.2) is 0 Å². The normalized spacial score (nSPS) is 10.3. The zero-order valence-corrected chi connectivity index (χ0v) is 8.48. The Balaban J connectivity index is 2.72. The van der Waals surface area contributed by atoms with Crippen LogP contribution in [0.3, 0.4) is 0 Å². The minimum atomic E-state index is 1.15. The summed E-state index contributed by atoms with van der Waals surface area (Å²) in [6.45, 7) is 0. The maximum atomic E-state index is 3.11. The maximum Gasteiger partial charge on any atom is 0.0349 e. The quantitative estimate of drug-likeness (QED) is 0.722. The molecule has 66 valence electrons. The van der Waals surface area contributed by atoms with Gasteiger partial charge in [-0.25, -0.2) is 0 Å². The second kappa shape index (κ2) is 4.38. The molecule has 1 aromatic carbocycles. The largest absolute Gasteiger partial charge is 0.388 e. The summed E-state index contributed by atoms with van der Waals surface area (Å²) in [6.07, 6.45) is 0. The van der Waals surface area contributed by atoms with E-state index in [1.165, 1.54) is 4.90 Å². The molecular formula is C9H14N2S. The van der Waals surface area contributed by atoms with Gasteiger partial charge in [0.05, 0.1) is 0 Å². The van der Waals surface area contributed by atoms with Gasteiger partial charge in [-0.15, -0.1) is 0 Å². The first-order chi connectivity index (χ1) is 5.72. The topological polar surface area (TPSA) is 15.3 Å². The molecule has 0 amide bonds. The fourth-order valence-electron chi connectivity index (χ4n) is 0.919. The second-order valence-electron chi connectivity index (χ2n) is 2.68. The second-order valence-corrected chi connectivity index (χ2v) is 4.07. The van der Waals surface area contributed by atoms with Crippen LogP contribution in [0, 0.1) is 0 Å². The van der Waals surface area contributed by atoms with E-state index in [4.69, 9.17) is 0 Å². The minimum Gasteiger partial charge on any atom is -0.388 e. The lowest BCUT2D eigenvalue weighted by Crippen LogP contribution is -1.98. The van der Waals surface area contributed by atoms with Gasteiger partial charge in [0.25, 0.3) is 0 Å². The average molecular weight is 182 g/mol. The summed E-state index contributed by atoms with van der Waals surface area (Å²) in [5.74, 6) is 0. The Kier molecular flexibility index (Phi) is 3.44. The van der Waals surface area contributed by atoms with Crippen molar-refractivity contribution in [2.75, 3.05) is 26.5 Å². The summed E-state index contributed by atoms with van der Waals surface area (Å²) in [4.78, 5) is 1.26. The molecule has 0 unspecified atom stereocenters. The predicted octanol–water partition coefficient (Wildman–Crippen LogP) is 2.30. The number of nitrogens with one attached hydrogen (secondary N) is 1. The van der Waals surface area contributed by atoms with Crippen LogP contribution in [-0.4, -0.2) is 25.4 Å². The van der Waals surface area contributed by atoms with Crippen molar-refractivity contribution in [2.24, 2.45) is 0 Å². The molecule has 0 bridgehead atoms. The van der Waals surface area contributed by atoms with Gasteiger partial charge >= 0.3 is 0 Å². The Hall–Kier alpha value is -0.670. The van der Waals surface area contributed by atoms with Crippen LogP contribution in [0.1, 0.15) is 0 Å². The van der Waals surface area contributed by atoms with Crippen molar-refractivity contribution >= 4 is 17.6 Å². The third-order valence-corrected chi connectivity index (χ3v) is 2.24. The highest BCUT2D eigenvalue weighted by molar-refractivity contribution is 7.97.